The molecule has 0 heterocycles. The van der Waals surface area contributed by atoms with Gasteiger partial charge in [0.25, 0.3) is 5.91 Å². The van der Waals surface area contributed by atoms with Crippen molar-refractivity contribution in [3.05, 3.63) is 58.6 Å². The van der Waals surface area contributed by atoms with E-state index in [0.717, 1.165) is 37.7 Å². The van der Waals surface area contributed by atoms with Crippen molar-refractivity contribution in [2.24, 2.45) is 5.92 Å². The van der Waals surface area contributed by atoms with Gasteiger partial charge < -0.3 is 25.4 Å². The molecular formula is C33H48ClN3O5. The van der Waals surface area contributed by atoms with Gasteiger partial charge in [-0.2, -0.15) is 0 Å². The first-order valence-electron chi connectivity index (χ1n) is 14.9. The Morgan fingerprint density at radius 3 is 2.17 bits per heavy atom. The lowest BCUT2D eigenvalue weighted by molar-refractivity contribution is -0.141. The number of phenolic OH excluding ortho intramolecular Hbond substituents is 1. The quantitative estimate of drug-likeness (QED) is 0.192. The van der Waals surface area contributed by atoms with Crippen molar-refractivity contribution >= 4 is 35.2 Å². The van der Waals surface area contributed by atoms with E-state index in [2.05, 4.69) is 17.6 Å². The maximum atomic E-state index is 14.3. The van der Waals surface area contributed by atoms with Gasteiger partial charge in [-0.25, -0.2) is 4.79 Å². The van der Waals surface area contributed by atoms with Gasteiger partial charge in [0.2, 0.25) is 5.91 Å². The second kappa shape index (κ2) is 16.4. The summed E-state index contributed by atoms with van der Waals surface area (Å²) in [4.78, 5) is 42.7. The highest BCUT2D eigenvalue weighted by molar-refractivity contribution is 6.34. The molecule has 0 aromatic heterocycles. The van der Waals surface area contributed by atoms with Crippen molar-refractivity contribution < 1.29 is 24.2 Å². The van der Waals surface area contributed by atoms with Crippen molar-refractivity contribution in [3.8, 4) is 5.75 Å². The van der Waals surface area contributed by atoms with Crippen LogP contribution >= 0.6 is 11.6 Å². The fourth-order valence-corrected chi connectivity index (χ4v) is 4.94. The highest BCUT2D eigenvalue weighted by Crippen LogP contribution is 2.31. The minimum absolute atomic E-state index is 0.0420. The zero-order chi connectivity index (χ0) is 31.4. The summed E-state index contributed by atoms with van der Waals surface area (Å²) >= 11 is 6.44. The van der Waals surface area contributed by atoms with Crippen molar-refractivity contribution in [3.63, 3.8) is 0 Å². The summed E-state index contributed by atoms with van der Waals surface area (Å²) in [6, 6.07) is 9.59. The van der Waals surface area contributed by atoms with Gasteiger partial charge in [-0.1, -0.05) is 88.7 Å². The predicted octanol–water partition coefficient (Wildman–Crippen LogP) is 7.77. The fraction of sp³-hybridized carbons (Fsp3) is 0.545. The Hall–Kier alpha value is -3.26. The molecule has 232 valence electrons. The summed E-state index contributed by atoms with van der Waals surface area (Å²) in [5, 5.41) is 16.0. The molecule has 8 nitrogen and oxygen atoms in total. The van der Waals surface area contributed by atoms with Gasteiger partial charge in [-0.15, -0.1) is 0 Å². The summed E-state index contributed by atoms with van der Waals surface area (Å²) in [7, 11) is 0. The number of aromatic hydroxyl groups is 1. The first-order chi connectivity index (χ1) is 19.7. The number of alkyl carbamates (subject to hydrolysis) is 1. The summed E-state index contributed by atoms with van der Waals surface area (Å²) in [6.45, 7) is 13.2. The number of nitrogens with one attached hydrogen (secondary N) is 2. The number of nitrogens with zero attached hydrogens (tertiary/aromatic N) is 1. The number of carbonyl (C=O) groups is 3. The number of halogens is 1. The standard InChI is InChI=1S/C33H48ClN3O5/c1-8-9-10-11-12-13-21-37(31(40)27(22(2)3)36-32(41)42-33(5,6)7)29(24-17-19-25(38)20-18-24)30(39)35-28-23(4)15-14-16-26(28)34/h14-20,22,27,29,38H,8-13,21H2,1-7H3,(H,35,39)(H,36,41). The number of aryl methyl sites for hydroxylation is 1. The minimum atomic E-state index is -1.05. The summed E-state index contributed by atoms with van der Waals surface area (Å²) < 4.78 is 5.45. The zero-order valence-electron chi connectivity index (χ0n) is 26.1. The third-order valence-electron chi connectivity index (χ3n) is 6.88. The van der Waals surface area contributed by atoms with Crippen LogP contribution in [0.4, 0.5) is 10.5 Å². The van der Waals surface area contributed by atoms with E-state index in [-0.39, 0.29) is 11.7 Å². The molecule has 2 unspecified atom stereocenters. The van der Waals surface area contributed by atoms with Crippen molar-refractivity contribution in [2.75, 3.05) is 11.9 Å². The number of hydrogen-bond donors (Lipinski definition) is 3. The third kappa shape index (κ3) is 10.9. The van der Waals surface area contributed by atoms with Crippen LogP contribution in [0, 0.1) is 12.8 Å². The number of phenols is 1. The maximum absolute atomic E-state index is 14.3. The molecule has 2 atom stereocenters. The van der Waals surface area contributed by atoms with E-state index in [1.54, 1.807) is 45.0 Å². The third-order valence-corrected chi connectivity index (χ3v) is 7.19. The molecule has 2 rings (SSSR count). The number of benzene rings is 2. The highest BCUT2D eigenvalue weighted by Gasteiger charge is 2.37. The van der Waals surface area contributed by atoms with Gasteiger partial charge in [0, 0.05) is 6.54 Å². The predicted molar refractivity (Wildman–Crippen MR) is 169 cm³/mol. The van der Waals surface area contributed by atoms with Gasteiger partial charge in [0.15, 0.2) is 0 Å². The average Bonchev–Trinajstić information content (AvgIpc) is 2.90. The number of ether oxygens (including phenoxy) is 1. The number of amides is 3. The summed E-state index contributed by atoms with van der Waals surface area (Å²) in [6.07, 6.45) is 5.27. The van der Waals surface area contributed by atoms with E-state index in [4.69, 9.17) is 16.3 Å². The molecule has 0 spiro atoms. The number of carbonyl (C=O) groups excluding carboxylic acids is 3. The first kappa shape index (κ1) is 34.9. The van der Waals surface area contributed by atoms with Crippen LogP contribution in [-0.4, -0.2) is 46.1 Å². The summed E-state index contributed by atoms with van der Waals surface area (Å²) in [5.74, 6) is -1.09. The lowest BCUT2D eigenvalue weighted by Gasteiger charge is -2.36. The van der Waals surface area contributed by atoms with Crippen LogP contribution < -0.4 is 10.6 Å². The van der Waals surface area contributed by atoms with E-state index in [1.807, 2.05) is 26.8 Å². The number of rotatable bonds is 14. The molecule has 3 amide bonds. The fourth-order valence-electron chi connectivity index (χ4n) is 4.67. The Labute approximate surface area is 256 Å². The van der Waals surface area contributed by atoms with E-state index in [0.29, 0.717) is 29.2 Å². The Morgan fingerprint density at radius 2 is 1.60 bits per heavy atom. The lowest BCUT2D eigenvalue weighted by atomic mass is 9.98. The van der Waals surface area contributed by atoms with Gasteiger partial charge >= 0.3 is 6.09 Å². The van der Waals surface area contributed by atoms with Crippen molar-refractivity contribution in [2.45, 2.75) is 105 Å². The molecule has 0 saturated carbocycles. The van der Waals surface area contributed by atoms with Crippen LogP contribution in [0.2, 0.25) is 5.02 Å². The Kier molecular flexibility index (Phi) is 13.6. The first-order valence-corrected chi connectivity index (χ1v) is 15.3. The molecule has 2 aromatic rings. The second-order valence-corrected chi connectivity index (χ2v) is 12.5. The SMILES string of the molecule is CCCCCCCCN(C(=O)C(NC(=O)OC(C)(C)C)C(C)C)C(C(=O)Nc1c(C)cccc1Cl)c1ccc(O)cc1. The lowest BCUT2D eigenvalue weighted by Crippen LogP contribution is -2.54. The number of hydrogen-bond acceptors (Lipinski definition) is 5. The molecular weight excluding hydrogens is 554 g/mol. The molecule has 0 aliphatic heterocycles. The van der Waals surface area contributed by atoms with E-state index >= 15 is 0 Å². The largest absolute Gasteiger partial charge is 0.508 e. The molecule has 9 heteroatoms. The molecule has 2 aromatic carbocycles. The van der Waals surface area contributed by atoms with Gasteiger partial charge in [0.1, 0.15) is 23.4 Å². The van der Waals surface area contributed by atoms with E-state index in [1.165, 1.54) is 17.0 Å². The molecule has 0 saturated heterocycles. The highest BCUT2D eigenvalue weighted by atomic mass is 35.5. The van der Waals surface area contributed by atoms with Crippen molar-refractivity contribution in [1.29, 1.82) is 0 Å². The molecule has 0 fully saturated rings. The molecule has 0 bridgehead atoms. The smallest absolute Gasteiger partial charge is 0.408 e. The monoisotopic (exact) mass is 601 g/mol. The van der Waals surface area contributed by atoms with Gasteiger partial charge in [-0.3, -0.25) is 9.59 Å². The topological polar surface area (TPSA) is 108 Å². The Bertz CT molecular complexity index is 1160. The van der Waals surface area contributed by atoms with Gasteiger partial charge in [-0.05, 0) is 69.4 Å². The molecule has 42 heavy (non-hydrogen) atoms. The molecule has 3 N–H and O–H groups in total. The summed E-state index contributed by atoms with van der Waals surface area (Å²) in [5.41, 5.74) is 1.02. The zero-order valence-corrected chi connectivity index (χ0v) is 26.9. The minimum Gasteiger partial charge on any atom is -0.508 e. The average molecular weight is 602 g/mol. The second-order valence-electron chi connectivity index (χ2n) is 12.1. The van der Waals surface area contributed by atoms with Crippen LogP contribution in [0.25, 0.3) is 0 Å². The molecule has 0 aliphatic rings. The van der Waals surface area contributed by atoms with Crippen LogP contribution in [0.15, 0.2) is 42.5 Å². The van der Waals surface area contributed by atoms with E-state index in [9.17, 15) is 19.5 Å². The molecule has 0 radical (unpaired) electrons. The van der Waals surface area contributed by atoms with Crippen LogP contribution in [0.1, 0.15) is 97.2 Å². The van der Waals surface area contributed by atoms with Gasteiger partial charge in [0.05, 0.1) is 10.7 Å². The number of para-hydroxylation sites is 1. The van der Waals surface area contributed by atoms with Crippen LogP contribution in [0.5, 0.6) is 5.75 Å². The number of unbranched alkanes of at least 4 members (excludes halogenated alkanes) is 5. The maximum Gasteiger partial charge on any atom is 0.408 e. The Morgan fingerprint density at radius 1 is 0.976 bits per heavy atom. The van der Waals surface area contributed by atoms with Crippen LogP contribution in [-0.2, 0) is 14.3 Å². The number of anilines is 1. The van der Waals surface area contributed by atoms with Crippen LogP contribution in [0.3, 0.4) is 0 Å². The van der Waals surface area contributed by atoms with E-state index < -0.39 is 35.6 Å². The Balaban J connectivity index is 2.53. The van der Waals surface area contributed by atoms with Crippen molar-refractivity contribution in [1.82, 2.24) is 10.2 Å². The molecule has 0 aliphatic carbocycles. The normalized spacial score (nSPS) is 12.9.